The van der Waals surface area contributed by atoms with Crippen LogP contribution in [0.15, 0.2) is 30.3 Å². The Morgan fingerprint density at radius 2 is 1.94 bits per heavy atom. The maximum atomic E-state index is 13.1. The number of para-hydroxylation sites is 1. The van der Waals surface area contributed by atoms with Gasteiger partial charge in [-0.3, -0.25) is 9.59 Å². The molecule has 1 aromatic carbocycles. The van der Waals surface area contributed by atoms with Crippen molar-refractivity contribution in [3.05, 3.63) is 40.8 Å². The number of benzene rings is 1. The van der Waals surface area contributed by atoms with Crippen molar-refractivity contribution in [3.8, 4) is 0 Å². The molecule has 0 unspecified atom stereocenters. The topological polar surface area (TPSA) is 149 Å². The highest BCUT2D eigenvalue weighted by Gasteiger charge is 2.25. The first-order chi connectivity index (χ1) is 16.4. The summed E-state index contributed by atoms with van der Waals surface area (Å²) in [6, 6.07) is 7.84. The van der Waals surface area contributed by atoms with E-state index < -0.39 is 18.0 Å². The molecule has 1 aliphatic heterocycles. The number of carbonyl (C=O) groups is 4. The molecule has 1 saturated heterocycles. The number of ether oxygens (including phenoxy) is 2. The summed E-state index contributed by atoms with van der Waals surface area (Å²) >= 11 is 0.839. The molecule has 0 aliphatic carbocycles. The van der Waals surface area contributed by atoms with Crippen LogP contribution in [0.4, 0.5) is 16.3 Å². The first-order valence-corrected chi connectivity index (χ1v) is 11.4. The summed E-state index contributed by atoms with van der Waals surface area (Å²) in [7, 11) is 0. The number of nitrogens with zero attached hydrogens (tertiary/aromatic N) is 2. The van der Waals surface area contributed by atoms with Crippen LogP contribution in [-0.2, 0) is 14.3 Å². The van der Waals surface area contributed by atoms with E-state index in [9.17, 15) is 24.3 Å². The van der Waals surface area contributed by atoms with E-state index in [0.29, 0.717) is 31.7 Å². The zero-order chi connectivity index (χ0) is 24.2. The van der Waals surface area contributed by atoms with Crippen LogP contribution in [0, 0.1) is 5.92 Å². The Bertz CT molecular complexity index is 1260. The van der Waals surface area contributed by atoms with Crippen molar-refractivity contribution in [1.29, 1.82) is 0 Å². The lowest BCUT2D eigenvalue weighted by atomic mass is 9.99. The van der Waals surface area contributed by atoms with Crippen molar-refractivity contribution in [2.45, 2.75) is 19.8 Å². The smallest absolute Gasteiger partial charge is 0.436 e. The fraction of sp³-hybridized carbons (Fsp3) is 0.318. The molecule has 0 bridgehead atoms. The third kappa shape index (κ3) is 4.77. The number of anilines is 2. The largest absolute Gasteiger partial charge is 0.477 e. The first-order valence-electron chi connectivity index (χ1n) is 10.6. The van der Waals surface area contributed by atoms with Crippen molar-refractivity contribution in [2.24, 2.45) is 5.92 Å². The molecule has 0 radical (unpaired) electrons. The average Bonchev–Trinajstić information content (AvgIpc) is 3.41. The molecule has 0 saturated carbocycles. The van der Waals surface area contributed by atoms with E-state index in [0.717, 1.165) is 16.0 Å². The van der Waals surface area contributed by atoms with Crippen LogP contribution in [0.25, 0.3) is 10.2 Å². The van der Waals surface area contributed by atoms with Crippen molar-refractivity contribution in [3.63, 3.8) is 0 Å². The summed E-state index contributed by atoms with van der Waals surface area (Å²) in [6.07, 6.45) is 0.414. The number of rotatable bonds is 6. The van der Waals surface area contributed by atoms with Gasteiger partial charge in [0.1, 0.15) is 9.71 Å². The van der Waals surface area contributed by atoms with E-state index in [4.69, 9.17) is 9.47 Å². The standard InChI is InChI=1S/C22H22N4O7S/c1-2-33-22(31)26-20-14(11-16(34-20)21(29)30)17(25-26)24-19(28)13-5-3-4-6-15(13)23-18(27)12-7-9-32-10-8-12/h3-6,11-12H,2,7-10H2,1H3,(H,23,27)(H,29,30)(H,24,25,28). The van der Waals surface area contributed by atoms with Crippen molar-refractivity contribution < 1.29 is 33.8 Å². The lowest BCUT2D eigenvalue weighted by molar-refractivity contribution is -0.122. The fourth-order valence-corrected chi connectivity index (χ4v) is 4.51. The number of carbonyl (C=O) groups excluding carboxylic acids is 3. The molecule has 0 spiro atoms. The number of thiophene rings is 1. The molecule has 178 valence electrons. The Morgan fingerprint density at radius 3 is 2.65 bits per heavy atom. The van der Waals surface area contributed by atoms with E-state index in [1.807, 2.05) is 0 Å². The van der Waals surface area contributed by atoms with Crippen molar-refractivity contribution in [2.75, 3.05) is 30.5 Å². The van der Waals surface area contributed by atoms with Gasteiger partial charge in [-0.2, -0.15) is 4.68 Å². The molecular weight excluding hydrogens is 464 g/mol. The summed E-state index contributed by atoms with van der Waals surface area (Å²) < 4.78 is 11.2. The summed E-state index contributed by atoms with van der Waals surface area (Å²) in [5, 5.41) is 19.2. The molecule has 4 rings (SSSR count). The lowest BCUT2D eigenvalue weighted by Gasteiger charge is -2.21. The van der Waals surface area contributed by atoms with Gasteiger partial charge in [-0.15, -0.1) is 16.4 Å². The van der Waals surface area contributed by atoms with Crippen LogP contribution in [0.1, 0.15) is 39.8 Å². The molecule has 3 N–H and O–H groups in total. The number of aromatic nitrogens is 2. The van der Waals surface area contributed by atoms with Gasteiger partial charge in [0, 0.05) is 19.1 Å². The van der Waals surface area contributed by atoms with Gasteiger partial charge < -0.3 is 25.2 Å². The number of nitrogens with one attached hydrogen (secondary N) is 2. The molecule has 1 fully saturated rings. The third-order valence-corrected chi connectivity index (χ3v) is 6.36. The molecular formula is C22H22N4O7S. The monoisotopic (exact) mass is 486 g/mol. The Kier molecular flexibility index (Phi) is 6.89. The maximum Gasteiger partial charge on any atom is 0.436 e. The summed E-state index contributed by atoms with van der Waals surface area (Å²) in [5.74, 6) is -2.15. The zero-order valence-corrected chi connectivity index (χ0v) is 19.0. The maximum absolute atomic E-state index is 13.1. The number of carboxylic acids is 1. The highest BCUT2D eigenvalue weighted by Crippen LogP contribution is 2.32. The molecule has 3 aromatic rings. The Balaban J connectivity index is 1.61. The molecule has 34 heavy (non-hydrogen) atoms. The minimum Gasteiger partial charge on any atom is -0.477 e. The minimum atomic E-state index is -1.17. The van der Waals surface area contributed by atoms with Gasteiger partial charge in [0.25, 0.3) is 5.91 Å². The van der Waals surface area contributed by atoms with Gasteiger partial charge in [-0.1, -0.05) is 12.1 Å². The van der Waals surface area contributed by atoms with Crippen molar-refractivity contribution in [1.82, 2.24) is 9.78 Å². The number of fused-ring (bicyclic) bond motifs is 1. The number of hydrogen-bond donors (Lipinski definition) is 3. The molecule has 2 aromatic heterocycles. The second-order valence-corrected chi connectivity index (χ2v) is 8.50. The van der Waals surface area contributed by atoms with E-state index in [1.54, 1.807) is 31.2 Å². The van der Waals surface area contributed by atoms with Gasteiger partial charge in [-0.05, 0) is 38.0 Å². The number of amides is 2. The van der Waals surface area contributed by atoms with Gasteiger partial charge in [0.05, 0.1) is 23.2 Å². The molecule has 11 nitrogen and oxygen atoms in total. The molecule has 12 heteroatoms. The molecule has 2 amide bonds. The molecule has 1 aliphatic rings. The summed E-state index contributed by atoms with van der Waals surface area (Å²) in [5.41, 5.74) is 0.518. The van der Waals surface area contributed by atoms with Gasteiger partial charge in [-0.25, -0.2) is 9.59 Å². The number of carboxylic acid groups (broad SMARTS) is 1. The predicted octanol–water partition coefficient (Wildman–Crippen LogP) is 3.42. The third-order valence-electron chi connectivity index (χ3n) is 5.27. The average molecular weight is 487 g/mol. The second-order valence-electron chi connectivity index (χ2n) is 7.47. The summed E-state index contributed by atoms with van der Waals surface area (Å²) in [6.45, 7) is 2.75. The Labute approximate surface area is 197 Å². The quantitative estimate of drug-likeness (QED) is 0.480. The van der Waals surface area contributed by atoms with Crippen LogP contribution >= 0.6 is 11.3 Å². The second kappa shape index (κ2) is 10.0. The van der Waals surface area contributed by atoms with E-state index in [-0.39, 0.29) is 44.9 Å². The van der Waals surface area contributed by atoms with Gasteiger partial charge >= 0.3 is 12.1 Å². The number of aromatic carboxylic acids is 1. The van der Waals surface area contributed by atoms with Crippen LogP contribution in [0.3, 0.4) is 0 Å². The van der Waals surface area contributed by atoms with E-state index in [2.05, 4.69) is 15.7 Å². The van der Waals surface area contributed by atoms with Gasteiger partial charge in [0.2, 0.25) is 5.91 Å². The SMILES string of the molecule is CCOC(=O)n1nc(NC(=O)c2ccccc2NC(=O)C2CCOCC2)c2cc(C(=O)O)sc21. The lowest BCUT2D eigenvalue weighted by Crippen LogP contribution is -2.29. The van der Waals surface area contributed by atoms with Gasteiger partial charge in [0.15, 0.2) is 5.82 Å². The molecule has 0 atom stereocenters. The van der Waals surface area contributed by atoms with Crippen molar-refractivity contribution >= 4 is 56.9 Å². The molecule has 3 heterocycles. The van der Waals surface area contributed by atoms with Crippen LogP contribution in [0.5, 0.6) is 0 Å². The number of hydrogen-bond acceptors (Lipinski definition) is 8. The van der Waals surface area contributed by atoms with Crippen LogP contribution in [-0.4, -0.2) is 58.6 Å². The predicted molar refractivity (Wildman–Crippen MR) is 124 cm³/mol. The fourth-order valence-electron chi connectivity index (χ4n) is 3.57. The highest BCUT2D eigenvalue weighted by molar-refractivity contribution is 7.20. The minimum absolute atomic E-state index is 0.00219. The summed E-state index contributed by atoms with van der Waals surface area (Å²) in [4.78, 5) is 49.7. The van der Waals surface area contributed by atoms with Crippen LogP contribution < -0.4 is 10.6 Å². The Hall–Kier alpha value is -3.77. The highest BCUT2D eigenvalue weighted by atomic mass is 32.1. The normalized spacial score (nSPS) is 14.0. The van der Waals surface area contributed by atoms with E-state index >= 15 is 0 Å². The van der Waals surface area contributed by atoms with E-state index in [1.165, 1.54) is 6.07 Å². The van der Waals surface area contributed by atoms with Crippen LogP contribution in [0.2, 0.25) is 0 Å². The first kappa shape index (κ1) is 23.4. The Morgan fingerprint density at radius 1 is 1.21 bits per heavy atom. The zero-order valence-electron chi connectivity index (χ0n) is 18.2.